The summed E-state index contributed by atoms with van der Waals surface area (Å²) in [6, 6.07) is 0. The van der Waals surface area contributed by atoms with Gasteiger partial charge in [0.15, 0.2) is 17.3 Å². The molecule has 0 radical (unpaired) electrons. The van der Waals surface area contributed by atoms with Gasteiger partial charge in [-0.1, -0.05) is 58.5 Å². The highest BCUT2D eigenvalue weighted by molar-refractivity contribution is 9.09. The molecule has 0 unspecified atom stereocenters. The maximum atomic E-state index is 13.4. The molecular formula is C54H89BrN4O6. The monoisotopic (exact) mass is 969 g/mol. The number of hydrogen-bond donors (Lipinski definition) is 3. The fourth-order valence-corrected chi connectivity index (χ4v) is 17.6. The van der Waals surface area contributed by atoms with E-state index in [9.17, 15) is 19.8 Å². The molecule has 3 N–H and O–H groups in total. The normalized spacial score (nSPS) is 44.4. The molecule has 8 saturated carbocycles. The standard InChI is InChI=1S/C26H40N2O3.C22H35BrO2.C4H6N2O.2CH4/c1-24(30)11-12-25(2)17(13-24)5-6-19-20-7-8-22(26(20,3)10-9-21(19)25)23(29)16-28-15-18(31-4)14-27-28;1-20(25)10-11-21(2)14(12-20)4-5-15-16-6-7-18(19(24)13-23)22(16,3)9-8-17(15)21;1-7-4-2-5-6-3-4;;/h14-15,17,19-22,30H,5-13,16H2,1-4H3;14-18,25H,4-13H2,1-3H3;2-3H,1H3,(H,5,6);2*1H4/t17-,19-,20-,21-,22+,24+,25-,26-;14-,15-,16-,17-,18+,20+,21-,22-;;;/m00.../s1. The van der Waals surface area contributed by atoms with E-state index in [1.165, 1.54) is 77.0 Å². The van der Waals surface area contributed by atoms with Crippen LogP contribution in [0.25, 0.3) is 0 Å². The molecule has 0 spiro atoms. The zero-order valence-electron chi connectivity index (χ0n) is 40.0. The number of aromatic nitrogens is 4. The lowest BCUT2D eigenvalue weighted by atomic mass is 9.44. The van der Waals surface area contributed by atoms with E-state index in [2.05, 4.69) is 58.9 Å². The molecule has 10 rings (SSSR count). The van der Waals surface area contributed by atoms with Crippen LogP contribution in [0, 0.1) is 80.8 Å². The van der Waals surface area contributed by atoms with Crippen molar-refractivity contribution in [1.29, 1.82) is 0 Å². The lowest BCUT2D eigenvalue weighted by Gasteiger charge is -2.61. The SMILES string of the molecule is C.C.COc1cn[nH]c1.COc1cnn(CC(=O)[C@H]2CC[C@H]3[C@@H]4CC[C@H]5C[C@](C)(O)CC[C@]5(C)[C@H]4CC[C@]23C)c1.C[C@@]1(O)CC[C@@]2(C)[C@@H](CC[C@@H]3[C@@H]2CC[C@]2(C)[C@@H](C(=O)CBr)CC[C@@H]32)C1. The van der Waals surface area contributed by atoms with E-state index < -0.39 is 11.2 Å². The Hall–Kier alpha value is -2.24. The maximum absolute atomic E-state index is 13.4. The number of fused-ring (bicyclic) bond motifs is 10. The zero-order valence-corrected chi connectivity index (χ0v) is 41.6. The number of ether oxygens (including phenoxy) is 2. The summed E-state index contributed by atoms with van der Waals surface area (Å²) in [5.41, 5.74) is 0.264. The average molecular weight is 970 g/mol. The number of carbonyl (C=O) groups is 2. The molecule has 16 atom stereocenters. The number of alkyl halides is 1. The smallest absolute Gasteiger partial charge is 0.157 e. The van der Waals surface area contributed by atoms with Crippen LogP contribution in [0.3, 0.4) is 0 Å². The van der Waals surface area contributed by atoms with Gasteiger partial charge < -0.3 is 19.7 Å². The number of nitrogens with zero attached hydrogens (tertiary/aromatic N) is 3. The third-order valence-corrected chi connectivity index (χ3v) is 21.2. The number of aliphatic hydroxyl groups is 2. The minimum Gasteiger partial charge on any atom is -0.493 e. The number of H-pyrrole nitrogens is 1. The Kier molecular flexibility index (Phi) is 15.7. The average Bonchev–Trinajstić information content (AvgIpc) is 4.07. The van der Waals surface area contributed by atoms with Crippen molar-refractivity contribution in [2.45, 2.75) is 190 Å². The zero-order chi connectivity index (χ0) is 45.2. The van der Waals surface area contributed by atoms with E-state index in [0.29, 0.717) is 57.8 Å². The second-order valence-electron chi connectivity index (χ2n) is 23.8. The Balaban J connectivity index is 0.000000185. The van der Waals surface area contributed by atoms with Gasteiger partial charge in [0.25, 0.3) is 0 Å². The first-order valence-corrected chi connectivity index (χ1v) is 26.1. The van der Waals surface area contributed by atoms with Crippen molar-refractivity contribution >= 4 is 27.5 Å². The number of Topliss-reactive ketones (excluding diaryl/α,β-unsaturated/α-hetero) is 2. The first-order chi connectivity index (χ1) is 29.8. The van der Waals surface area contributed by atoms with E-state index in [0.717, 1.165) is 73.9 Å². The molecule has 8 aliphatic carbocycles. The number of methoxy groups -OCH3 is 2. The fraction of sp³-hybridized carbons (Fsp3) is 0.852. The highest BCUT2D eigenvalue weighted by Gasteiger charge is 2.63. The van der Waals surface area contributed by atoms with Crippen LogP contribution in [0.15, 0.2) is 24.8 Å². The van der Waals surface area contributed by atoms with Crippen molar-refractivity contribution in [3.8, 4) is 11.5 Å². The molecule has 10 nitrogen and oxygen atoms in total. The van der Waals surface area contributed by atoms with E-state index in [-0.39, 0.29) is 37.5 Å². The van der Waals surface area contributed by atoms with Crippen LogP contribution in [0.5, 0.6) is 11.5 Å². The van der Waals surface area contributed by atoms with Gasteiger partial charge in [-0.2, -0.15) is 10.2 Å². The van der Waals surface area contributed by atoms with Gasteiger partial charge in [-0.15, -0.1) is 0 Å². The van der Waals surface area contributed by atoms with Gasteiger partial charge in [0, 0.05) is 11.8 Å². The third kappa shape index (κ3) is 9.58. The summed E-state index contributed by atoms with van der Waals surface area (Å²) in [4.78, 5) is 25.9. The molecule has 2 heterocycles. The molecule has 0 aliphatic heterocycles. The number of hydrogen-bond acceptors (Lipinski definition) is 8. The second kappa shape index (κ2) is 19.6. The number of carbonyl (C=O) groups excluding carboxylic acids is 2. The minimum atomic E-state index is -0.472. The summed E-state index contributed by atoms with van der Waals surface area (Å²) < 4.78 is 11.7. The van der Waals surface area contributed by atoms with Crippen molar-refractivity contribution in [2.24, 2.45) is 80.8 Å². The van der Waals surface area contributed by atoms with Gasteiger partial charge in [-0.25, -0.2) is 0 Å². The lowest BCUT2D eigenvalue weighted by molar-refractivity contribution is -0.151. The van der Waals surface area contributed by atoms with Gasteiger partial charge in [-0.05, 0) is 198 Å². The van der Waals surface area contributed by atoms with Gasteiger partial charge in [0.1, 0.15) is 5.78 Å². The predicted molar refractivity (Wildman–Crippen MR) is 263 cm³/mol. The van der Waals surface area contributed by atoms with Crippen LogP contribution in [-0.2, 0) is 16.1 Å². The highest BCUT2D eigenvalue weighted by atomic mass is 79.9. The van der Waals surface area contributed by atoms with Crippen molar-refractivity contribution in [3.63, 3.8) is 0 Å². The number of nitrogens with one attached hydrogen (secondary N) is 1. The molecule has 2 aromatic rings. The largest absolute Gasteiger partial charge is 0.493 e. The molecule has 65 heavy (non-hydrogen) atoms. The van der Waals surface area contributed by atoms with Crippen molar-refractivity contribution in [2.75, 3.05) is 19.5 Å². The summed E-state index contributed by atoms with van der Waals surface area (Å²) in [5.74, 6) is 8.65. The molecule has 0 amide bonds. The van der Waals surface area contributed by atoms with E-state index in [1.54, 1.807) is 37.5 Å². The second-order valence-corrected chi connectivity index (χ2v) is 24.4. The predicted octanol–water partition coefficient (Wildman–Crippen LogP) is 11.9. The molecular weight excluding hydrogens is 881 g/mol. The van der Waals surface area contributed by atoms with Gasteiger partial charge in [0.05, 0.1) is 62.1 Å². The van der Waals surface area contributed by atoms with Gasteiger partial charge >= 0.3 is 0 Å². The molecule has 11 heteroatoms. The van der Waals surface area contributed by atoms with Crippen molar-refractivity contribution < 1.29 is 29.3 Å². The Morgan fingerprint density at radius 1 is 0.646 bits per heavy atom. The number of halogens is 1. The van der Waals surface area contributed by atoms with Crippen molar-refractivity contribution in [3.05, 3.63) is 24.8 Å². The van der Waals surface area contributed by atoms with Crippen LogP contribution < -0.4 is 9.47 Å². The summed E-state index contributed by atoms with van der Waals surface area (Å²) in [6.07, 6.45) is 27.8. The number of ketones is 2. The molecule has 0 saturated heterocycles. The Morgan fingerprint density at radius 3 is 1.54 bits per heavy atom. The quantitative estimate of drug-likeness (QED) is 0.233. The third-order valence-electron chi connectivity index (χ3n) is 20.7. The lowest BCUT2D eigenvalue weighted by Crippen LogP contribution is -2.55. The molecule has 368 valence electrons. The minimum absolute atomic E-state index is 0. The Morgan fingerprint density at radius 2 is 1.12 bits per heavy atom. The van der Waals surface area contributed by atoms with E-state index in [4.69, 9.17) is 9.47 Å². The first kappa shape index (κ1) is 52.1. The molecule has 8 aliphatic rings. The Bertz CT molecular complexity index is 1920. The summed E-state index contributed by atoms with van der Waals surface area (Å²) >= 11 is 3.43. The maximum Gasteiger partial charge on any atom is 0.157 e. The molecule has 0 aromatic carbocycles. The molecule has 0 bridgehead atoms. The molecule has 2 aromatic heterocycles. The summed E-state index contributed by atoms with van der Waals surface area (Å²) in [5, 5.41) is 32.4. The van der Waals surface area contributed by atoms with Gasteiger partial charge in [0.2, 0.25) is 0 Å². The van der Waals surface area contributed by atoms with Crippen LogP contribution in [0.2, 0.25) is 0 Å². The summed E-state index contributed by atoms with van der Waals surface area (Å²) in [6.45, 7) is 14.4. The van der Waals surface area contributed by atoms with Crippen LogP contribution in [0.4, 0.5) is 0 Å². The fourth-order valence-electron chi connectivity index (χ4n) is 17.2. The number of rotatable bonds is 7. The van der Waals surface area contributed by atoms with E-state index in [1.807, 2.05) is 20.0 Å². The molecule has 8 fully saturated rings. The highest BCUT2D eigenvalue weighted by Crippen LogP contribution is 2.70. The van der Waals surface area contributed by atoms with Crippen molar-refractivity contribution in [1.82, 2.24) is 20.0 Å². The topological polar surface area (TPSA) is 140 Å². The number of aromatic amines is 1. The van der Waals surface area contributed by atoms with Crippen LogP contribution in [0.1, 0.15) is 172 Å². The van der Waals surface area contributed by atoms with Crippen LogP contribution >= 0.6 is 15.9 Å². The Labute approximate surface area is 401 Å². The van der Waals surface area contributed by atoms with Crippen LogP contribution in [-0.4, -0.2) is 72.5 Å². The summed E-state index contributed by atoms with van der Waals surface area (Å²) in [7, 11) is 3.23. The first-order valence-electron chi connectivity index (χ1n) is 25.0. The van der Waals surface area contributed by atoms with E-state index >= 15 is 0 Å². The van der Waals surface area contributed by atoms with Gasteiger partial charge in [-0.3, -0.25) is 19.4 Å².